The van der Waals surface area contributed by atoms with E-state index in [9.17, 15) is 5.11 Å². The largest absolute Gasteiger partial charge is 0.507 e. The molecule has 0 saturated heterocycles. The molecule has 3 rings (SSSR count). The van der Waals surface area contributed by atoms with Crippen LogP contribution in [-0.4, -0.2) is 15.3 Å². The number of hydrogen-bond donors (Lipinski definition) is 3. The fraction of sp³-hybridized carbons (Fsp3) is 0. The van der Waals surface area contributed by atoms with Crippen LogP contribution in [0.15, 0.2) is 96.8 Å². The number of allylic oxidation sites excluding steroid dienone is 11. The molecule has 5 nitrogen and oxygen atoms in total. The number of anilines is 1. The zero-order valence-corrected chi connectivity index (χ0v) is 14.7. The lowest BCUT2D eigenvalue weighted by Gasteiger charge is -2.09. The number of phenols is 1. The fourth-order valence-electron chi connectivity index (χ4n) is 2.52. The molecular weight excluding hydrogens is 336 g/mol. The lowest BCUT2D eigenvalue weighted by atomic mass is 10.0. The van der Waals surface area contributed by atoms with Crippen LogP contribution in [0.1, 0.15) is 5.56 Å². The summed E-state index contributed by atoms with van der Waals surface area (Å²) < 4.78 is 0. The first-order valence-electron chi connectivity index (χ1n) is 8.42. The summed E-state index contributed by atoms with van der Waals surface area (Å²) >= 11 is 0. The van der Waals surface area contributed by atoms with Gasteiger partial charge in [-0.2, -0.15) is 0 Å². The minimum absolute atomic E-state index is 0.142. The van der Waals surface area contributed by atoms with E-state index in [-0.39, 0.29) is 5.75 Å². The maximum absolute atomic E-state index is 10.1. The van der Waals surface area contributed by atoms with Crippen molar-refractivity contribution in [3.8, 4) is 17.0 Å². The lowest BCUT2D eigenvalue weighted by molar-refractivity contribution is 0.477. The van der Waals surface area contributed by atoms with E-state index < -0.39 is 0 Å². The number of hydrogen-bond acceptors (Lipinski definition) is 5. The Bertz CT molecular complexity index is 1010. The highest BCUT2D eigenvalue weighted by atomic mass is 16.3. The fourth-order valence-corrected chi connectivity index (χ4v) is 2.52. The smallest absolute Gasteiger partial charge is 0.154 e. The molecule has 0 bridgehead atoms. The SMILES string of the molecule is NC1=C/C=C\C=C/C(c2cc(-c3ccccc3O)nnc2N)=C\C=C/C=C\1. The second kappa shape index (κ2) is 8.49. The summed E-state index contributed by atoms with van der Waals surface area (Å²) in [6, 6.07) is 8.82. The van der Waals surface area contributed by atoms with Gasteiger partial charge in [-0.3, -0.25) is 0 Å². The third-order valence-electron chi connectivity index (χ3n) is 3.89. The van der Waals surface area contributed by atoms with Crippen molar-refractivity contribution in [2.75, 3.05) is 5.73 Å². The molecule has 1 aliphatic carbocycles. The predicted octanol–water partition coefficient (Wildman–Crippen LogP) is 3.90. The van der Waals surface area contributed by atoms with Crippen molar-refractivity contribution in [3.63, 3.8) is 0 Å². The van der Waals surface area contributed by atoms with Crippen molar-refractivity contribution >= 4 is 11.4 Å². The van der Waals surface area contributed by atoms with Crippen LogP contribution in [0.3, 0.4) is 0 Å². The first-order chi connectivity index (χ1) is 13.1. The van der Waals surface area contributed by atoms with Gasteiger partial charge in [-0.15, -0.1) is 10.2 Å². The molecule has 1 aromatic carbocycles. The van der Waals surface area contributed by atoms with Gasteiger partial charge in [-0.1, -0.05) is 60.7 Å². The molecule has 0 unspecified atom stereocenters. The number of phenolic OH excluding ortho intramolecular Hbond substituents is 1. The van der Waals surface area contributed by atoms with Crippen LogP contribution in [0.2, 0.25) is 0 Å². The summed E-state index contributed by atoms with van der Waals surface area (Å²) in [5.41, 5.74) is 15.3. The molecule has 5 N–H and O–H groups in total. The first kappa shape index (κ1) is 17.9. The van der Waals surface area contributed by atoms with Gasteiger partial charge in [0.25, 0.3) is 0 Å². The van der Waals surface area contributed by atoms with Crippen molar-refractivity contribution < 1.29 is 5.11 Å². The zero-order chi connectivity index (χ0) is 19.1. The number of aromatic nitrogens is 2. The molecule has 0 spiro atoms. The van der Waals surface area contributed by atoms with E-state index in [1.54, 1.807) is 18.2 Å². The number of aromatic hydroxyl groups is 1. The molecule has 0 atom stereocenters. The molecule has 0 amide bonds. The van der Waals surface area contributed by atoms with Gasteiger partial charge in [0.2, 0.25) is 0 Å². The van der Waals surface area contributed by atoms with Crippen LogP contribution < -0.4 is 11.5 Å². The Kier molecular flexibility index (Phi) is 5.64. The monoisotopic (exact) mass is 356 g/mol. The second-order valence-corrected chi connectivity index (χ2v) is 5.82. The molecule has 1 heterocycles. The molecule has 0 fully saturated rings. The van der Waals surface area contributed by atoms with E-state index in [4.69, 9.17) is 11.5 Å². The molecule has 2 aromatic rings. The molecule has 1 aliphatic rings. The Morgan fingerprint density at radius 1 is 0.741 bits per heavy atom. The number of nitrogen functional groups attached to an aromatic ring is 1. The summed E-state index contributed by atoms with van der Waals surface area (Å²) in [6.07, 6.45) is 18.8. The van der Waals surface area contributed by atoms with E-state index in [1.165, 1.54) is 0 Å². The molecular formula is C22H20N4O. The predicted molar refractivity (Wildman–Crippen MR) is 110 cm³/mol. The first-order valence-corrected chi connectivity index (χ1v) is 8.42. The highest BCUT2D eigenvalue weighted by Crippen LogP contribution is 2.30. The number of para-hydroxylation sites is 1. The van der Waals surface area contributed by atoms with Crippen molar-refractivity contribution in [3.05, 3.63) is 102 Å². The number of nitrogens with zero attached hydrogens (tertiary/aromatic N) is 2. The maximum Gasteiger partial charge on any atom is 0.154 e. The third-order valence-corrected chi connectivity index (χ3v) is 3.89. The van der Waals surface area contributed by atoms with Gasteiger partial charge in [0, 0.05) is 16.8 Å². The van der Waals surface area contributed by atoms with Gasteiger partial charge in [-0.25, -0.2) is 0 Å². The van der Waals surface area contributed by atoms with Gasteiger partial charge in [0.15, 0.2) is 5.82 Å². The summed E-state index contributed by atoms with van der Waals surface area (Å²) in [4.78, 5) is 0. The van der Waals surface area contributed by atoms with Crippen molar-refractivity contribution in [2.45, 2.75) is 0 Å². The van der Waals surface area contributed by atoms with Gasteiger partial charge >= 0.3 is 0 Å². The Morgan fingerprint density at radius 2 is 1.48 bits per heavy atom. The topological polar surface area (TPSA) is 98.0 Å². The van der Waals surface area contributed by atoms with Crippen LogP contribution in [0.4, 0.5) is 5.82 Å². The van der Waals surface area contributed by atoms with Gasteiger partial charge in [0.1, 0.15) is 5.75 Å². The van der Waals surface area contributed by atoms with Crippen LogP contribution in [0, 0.1) is 0 Å². The number of rotatable bonds is 2. The average molecular weight is 356 g/mol. The minimum Gasteiger partial charge on any atom is -0.507 e. The summed E-state index contributed by atoms with van der Waals surface area (Å²) in [5, 5.41) is 18.3. The molecule has 27 heavy (non-hydrogen) atoms. The van der Waals surface area contributed by atoms with Gasteiger partial charge < -0.3 is 16.6 Å². The van der Waals surface area contributed by atoms with E-state index in [1.807, 2.05) is 72.9 Å². The van der Waals surface area contributed by atoms with Gasteiger partial charge in [0.05, 0.1) is 5.69 Å². The van der Waals surface area contributed by atoms with E-state index in [2.05, 4.69) is 10.2 Å². The third kappa shape index (κ3) is 4.61. The standard InChI is InChI=1S/C22H20N4O/c23-17-11-5-1-3-9-16(10-4-2-6-12-17)19-15-20(25-26-22(19)24)18-13-7-8-14-21(18)27/h1-15,27H,23H2,(H2,24,26)/b3-1-,4-2?,5-1?,6-2-,9-3?,10-4-,11-5-,12-6?,16-9+,16-10?,17-11?,17-12+. The highest BCUT2D eigenvalue weighted by Gasteiger charge is 2.11. The second-order valence-electron chi connectivity index (χ2n) is 5.82. The van der Waals surface area contributed by atoms with Crippen LogP contribution in [0.5, 0.6) is 5.75 Å². The Hall–Kier alpha value is -3.86. The normalized spacial score (nSPS) is 22.8. The lowest BCUT2D eigenvalue weighted by Crippen LogP contribution is -2.00. The van der Waals surface area contributed by atoms with Crippen LogP contribution in [-0.2, 0) is 0 Å². The Morgan fingerprint density at radius 3 is 2.30 bits per heavy atom. The van der Waals surface area contributed by atoms with Crippen LogP contribution in [0.25, 0.3) is 16.8 Å². The number of benzene rings is 1. The number of nitrogens with two attached hydrogens (primary N) is 2. The van der Waals surface area contributed by atoms with Gasteiger partial charge in [-0.05, 0) is 35.9 Å². The maximum atomic E-state index is 10.1. The summed E-state index contributed by atoms with van der Waals surface area (Å²) in [7, 11) is 0. The van der Waals surface area contributed by atoms with E-state index in [0.29, 0.717) is 22.8 Å². The Labute approximate surface area is 158 Å². The molecule has 0 radical (unpaired) electrons. The van der Waals surface area contributed by atoms with E-state index >= 15 is 0 Å². The minimum atomic E-state index is 0.142. The average Bonchev–Trinajstić information content (AvgIpc) is 2.66. The van der Waals surface area contributed by atoms with Crippen molar-refractivity contribution in [2.24, 2.45) is 5.73 Å². The molecule has 134 valence electrons. The molecule has 0 saturated carbocycles. The molecule has 5 heteroatoms. The molecule has 1 aromatic heterocycles. The quantitative estimate of drug-likeness (QED) is 0.758. The summed E-state index contributed by atoms with van der Waals surface area (Å²) in [6.45, 7) is 0. The molecule has 0 aliphatic heterocycles. The zero-order valence-electron chi connectivity index (χ0n) is 14.7. The van der Waals surface area contributed by atoms with E-state index in [0.717, 1.165) is 11.1 Å². The van der Waals surface area contributed by atoms with Crippen LogP contribution >= 0.6 is 0 Å². The highest BCUT2D eigenvalue weighted by molar-refractivity contribution is 5.83. The van der Waals surface area contributed by atoms with Crippen molar-refractivity contribution in [1.82, 2.24) is 10.2 Å². The van der Waals surface area contributed by atoms with Crippen molar-refractivity contribution in [1.29, 1.82) is 0 Å². The Balaban J connectivity index is 2.04. The summed E-state index contributed by atoms with van der Waals surface area (Å²) in [5.74, 6) is 0.456.